The maximum atomic E-state index is 6.01. The minimum Gasteiger partial charge on any atom is -0.379 e. The van der Waals surface area contributed by atoms with E-state index in [4.69, 9.17) is 16.3 Å². The lowest BCUT2D eigenvalue weighted by Crippen LogP contribution is -2.22. The molecule has 1 aromatic carbocycles. The number of nitrogens with one attached hydrogen (secondary N) is 1. The van der Waals surface area contributed by atoms with Gasteiger partial charge in [0.25, 0.3) is 0 Å². The summed E-state index contributed by atoms with van der Waals surface area (Å²) in [7, 11) is 1.99. The summed E-state index contributed by atoms with van der Waals surface area (Å²) in [6, 6.07) is 8.12. The minimum atomic E-state index is 0.311. The van der Waals surface area contributed by atoms with Gasteiger partial charge in [0.05, 0.1) is 6.10 Å². The van der Waals surface area contributed by atoms with E-state index in [1.807, 2.05) is 25.2 Å². The second kappa shape index (κ2) is 8.52. The monoisotopic (exact) mass is 269 g/mol. The van der Waals surface area contributed by atoms with Crippen molar-refractivity contribution in [3.05, 3.63) is 34.9 Å². The van der Waals surface area contributed by atoms with Crippen LogP contribution in [-0.2, 0) is 11.2 Å². The third kappa shape index (κ3) is 6.39. The largest absolute Gasteiger partial charge is 0.379 e. The fourth-order valence-corrected chi connectivity index (χ4v) is 2.25. The van der Waals surface area contributed by atoms with Gasteiger partial charge in [-0.2, -0.15) is 0 Å². The third-order valence-corrected chi connectivity index (χ3v) is 3.12. The number of ether oxygens (including phenoxy) is 1. The molecule has 0 saturated carbocycles. The van der Waals surface area contributed by atoms with Crippen LogP contribution in [0.4, 0.5) is 0 Å². The van der Waals surface area contributed by atoms with E-state index in [2.05, 4.69) is 25.2 Å². The summed E-state index contributed by atoms with van der Waals surface area (Å²) >= 11 is 6.01. The zero-order valence-electron chi connectivity index (χ0n) is 11.6. The molecule has 0 spiro atoms. The Balaban J connectivity index is 2.46. The predicted molar refractivity (Wildman–Crippen MR) is 78.3 cm³/mol. The number of halogens is 1. The van der Waals surface area contributed by atoms with Gasteiger partial charge in [0.2, 0.25) is 0 Å². The molecule has 1 N–H and O–H groups in total. The zero-order valence-corrected chi connectivity index (χ0v) is 12.3. The molecule has 1 atom stereocenters. The van der Waals surface area contributed by atoms with Gasteiger partial charge in [-0.1, -0.05) is 23.7 Å². The van der Waals surface area contributed by atoms with Crippen LogP contribution < -0.4 is 5.32 Å². The molecule has 2 nitrogen and oxygen atoms in total. The van der Waals surface area contributed by atoms with Crippen LogP contribution in [0.25, 0.3) is 0 Å². The summed E-state index contributed by atoms with van der Waals surface area (Å²) in [5.74, 6) is 0.590. The first-order valence-corrected chi connectivity index (χ1v) is 7.00. The molecule has 0 radical (unpaired) electrons. The van der Waals surface area contributed by atoms with Crippen molar-refractivity contribution in [1.29, 1.82) is 0 Å². The molecule has 1 aromatic rings. The number of hydrogen-bond donors (Lipinski definition) is 1. The van der Waals surface area contributed by atoms with Gasteiger partial charge in [0.1, 0.15) is 0 Å². The van der Waals surface area contributed by atoms with E-state index in [0.29, 0.717) is 12.0 Å². The Kier molecular flexibility index (Phi) is 7.33. The Hall–Kier alpha value is -0.570. The van der Waals surface area contributed by atoms with Gasteiger partial charge in [-0.05, 0) is 63.9 Å². The molecule has 0 bridgehead atoms. The van der Waals surface area contributed by atoms with Crippen LogP contribution in [0.2, 0.25) is 5.02 Å². The van der Waals surface area contributed by atoms with E-state index in [1.54, 1.807) is 0 Å². The van der Waals surface area contributed by atoms with Crippen LogP contribution >= 0.6 is 11.6 Å². The summed E-state index contributed by atoms with van der Waals surface area (Å²) < 4.78 is 5.63. The van der Waals surface area contributed by atoms with E-state index < -0.39 is 0 Å². The molecule has 0 aromatic heterocycles. The number of hydrogen-bond acceptors (Lipinski definition) is 2. The first kappa shape index (κ1) is 15.5. The van der Waals surface area contributed by atoms with Crippen LogP contribution in [0.15, 0.2) is 24.3 Å². The molecule has 0 heterocycles. The van der Waals surface area contributed by atoms with Crippen LogP contribution in [-0.4, -0.2) is 26.3 Å². The fourth-order valence-electron chi connectivity index (χ4n) is 2.03. The van der Waals surface area contributed by atoms with Crippen LogP contribution in [0, 0.1) is 5.92 Å². The molecule has 3 heteroatoms. The molecular formula is C15H24ClNO. The summed E-state index contributed by atoms with van der Waals surface area (Å²) in [6.07, 6.45) is 2.43. The van der Waals surface area contributed by atoms with E-state index >= 15 is 0 Å². The van der Waals surface area contributed by atoms with Gasteiger partial charge < -0.3 is 10.1 Å². The molecule has 0 aliphatic heterocycles. The van der Waals surface area contributed by atoms with Crippen molar-refractivity contribution in [2.24, 2.45) is 5.92 Å². The van der Waals surface area contributed by atoms with E-state index in [9.17, 15) is 0 Å². The SMILES string of the molecule is CNCC(CCOC(C)C)Cc1cccc(Cl)c1. The van der Waals surface area contributed by atoms with Crippen molar-refractivity contribution in [2.75, 3.05) is 20.2 Å². The Labute approximate surface area is 116 Å². The Morgan fingerprint density at radius 2 is 2.11 bits per heavy atom. The average molecular weight is 270 g/mol. The fraction of sp³-hybridized carbons (Fsp3) is 0.600. The van der Waals surface area contributed by atoms with Crippen molar-refractivity contribution in [1.82, 2.24) is 5.32 Å². The van der Waals surface area contributed by atoms with Gasteiger partial charge >= 0.3 is 0 Å². The summed E-state index contributed by atoms with van der Waals surface area (Å²) in [5.41, 5.74) is 1.30. The molecule has 0 aliphatic rings. The molecule has 0 aliphatic carbocycles. The highest BCUT2D eigenvalue weighted by molar-refractivity contribution is 6.30. The topological polar surface area (TPSA) is 21.3 Å². The lowest BCUT2D eigenvalue weighted by molar-refractivity contribution is 0.0684. The highest BCUT2D eigenvalue weighted by Crippen LogP contribution is 2.16. The van der Waals surface area contributed by atoms with Crippen molar-refractivity contribution in [3.8, 4) is 0 Å². The van der Waals surface area contributed by atoms with Crippen LogP contribution in [0.3, 0.4) is 0 Å². The van der Waals surface area contributed by atoms with Gasteiger partial charge in [-0.15, -0.1) is 0 Å². The molecule has 0 amide bonds. The molecular weight excluding hydrogens is 246 g/mol. The highest BCUT2D eigenvalue weighted by atomic mass is 35.5. The lowest BCUT2D eigenvalue weighted by Gasteiger charge is -2.17. The van der Waals surface area contributed by atoms with Crippen molar-refractivity contribution in [3.63, 3.8) is 0 Å². The van der Waals surface area contributed by atoms with E-state index in [-0.39, 0.29) is 0 Å². The number of rotatable bonds is 8. The van der Waals surface area contributed by atoms with E-state index in [1.165, 1.54) is 5.56 Å². The van der Waals surface area contributed by atoms with Gasteiger partial charge in [-0.25, -0.2) is 0 Å². The average Bonchev–Trinajstić information content (AvgIpc) is 2.28. The maximum Gasteiger partial charge on any atom is 0.0518 e. The molecule has 0 saturated heterocycles. The van der Waals surface area contributed by atoms with Crippen LogP contribution in [0.1, 0.15) is 25.8 Å². The maximum absolute atomic E-state index is 6.01. The van der Waals surface area contributed by atoms with Gasteiger partial charge in [-0.3, -0.25) is 0 Å². The first-order chi connectivity index (χ1) is 8.61. The Morgan fingerprint density at radius 3 is 2.72 bits per heavy atom. The predicted octanol–water partition coefficient (Wildman–Crippen LogP) is 3.53. The second-order valence-electron chi connectivity index (χ2n) is 4.97. The standard InChI is InChI=1S/C15H24ClNO/c1-12(2)18-8-7-14(11-17-3)9-13-5-4-6-15(16)10-13/h4-6,10,12,14,17H,7-9,11H2,1-3H3. The molecule has 18 heavy (non-hydrogen) atoms. The van der Waals surface area contributed by atoms with Gasteiger partial charge in [0, 0.05) is 11.6 Å². The Morgan fingerprint density at radius 1 is 1.33 bits per heavy atom. The van der Waals surface area contributed by atoms with Crippen LogP contribution in [0.5, 0.6) is 0 Å². The molecule has 102 valence electrons. The lowest BCUT2D eigenvalue weighted by atomic mass is 9.96. The second-order valence-corrected chi connectivity index (χ2v) is 5.40. The van der Waals surface area contributed by atoms with Crippen molar-refractivity contribution >= 4 is 11.6 Å². The normalized spacial score (nSPS) is 12.9. The molecule has 1 rings (SSSR count). The summed E-state index contributed by atoms with van der Waals surface area (Å²) in [5, 5.41) is 4.07. The smallest absolute Gasteiger partial charge is 0.0518 e. The molecule has 0 fully saturated rings. The first-order valence-electron chi connectivity index (χ1n) is 6.62. The Bertz CT molecular complexity index is 341. The molecule has 1 unspecified atom stereocenters. The highest BCUT2D eigenvalue weighted by Gasteiger charge is 2.09. The third-order valence-electron chi connectivity index (χ3n) is 2.88. The summed E-state index contributed by atoms with van der Waals surface area (Å²) in [4.78, 5) is 0. The van der Waals surface area contributed by atoms with Crippen molar-refractivity contribution in [2.45, 2.75) is 32.8 Å². The summed E-state index contributed by atoms with van der Waals surface area (Å²) in [6.45, 7) is 5.98. The number of benzene rings is 1. The zero-order chi connectivity index (χ0) is 13.4. The van der Waals surface area contributed by atoms with E-state index in [0.717, 1.165) is 31.0 Å². The van der Waals surface area contributed by atoms with Crippen molar-refractivity contribution < 1.29 is 4.74 Å². The van der Waals surface area contributed by atoms with Gasteiger partial charge in [0.15, 0.2) is 0 Å². The minimum absolute atomic E-state index is 0.311. The quantitative estimate of drug-likeness (QED) is 0.780.